The number of aliphatic hydroxyl groups is 2. The molecule has 0 saturated carbocycles. The summed E-state index contributed by atoms with van der Waals surface area (Å²) in [5, 5.41) is 21.6. The second kappa shape index (κ2) is 6.39. The van der Waals surface area contributed by atoms with Crippen molar-refractivity contribution in [3.63, 3.8) is 0 Å². The molecular weight excluding hydrogens is 298 g/mol. The van der Waals surface area contributed by atoms with Crippen molar-refractivity contribution in [2.45, 2.75) is 36.2 Å². The van der Waals surface area contributed by atoms with Crippen LogP contribution >= 0.6 is 0 Å². The molecule has 0 aromatic heterocycles. The second-order valence-electron chi connectivity index (χ2n) is 5.16. The van der Waals surface area contributed by atoms with Crippen molar-refractivity contribution in [1.29, 1.82) is 0 Å². The van der Waals surface area contributed by atoms with E-state index in [1.54, 1.807) is 12.1 Å². The average molecular weight is 317 g/mol. The van der Waals surface area contributed by atoms with Crippen LogP contribution in [0.5, 0.6) is 0 Å². The Kier molecular flexibility index (Phi) is 4.97. The van der Waals surface area contributed by atoms with E-state index >= 15 is 0 Å². The highest BCUT2D eigenvalue weighted by Crippen LogP contribution is 2.19. The molecule has 0 radical (unpaired) electrons. The summed E-state index contributed by atoms with van der Waals surface area (Å²) in [7, 11) is -4.02. The SMILES string of the molecule is Cc1ccc(S(=O)(=O)O)cc1.O[C@H]1[C@H](O)[C@H]2CN[C@H]1CO2. The molecule has 4 rings (SSSR count). The van der Waals surface area contributed by atoms with Crippen molar-refractivity contribution in [3.8, 4) is 0 Å². The zero-order chi connectivity index (χ0) is 15.6. The van der Waals surface area contributed by atoms with Gasteiger partial charge in [0.15, 0.2) is 0 Å². The summed E-state index contributed by atoms with van der Waals surface area (Å²) in [5.74, 6) is 0. The van der Waals surface area contributed by atoms with Gasteiger partial charge in [-0.1, -0.05) is 17.7 Å². The molecule has 0 unspecified atom stereocenters. The molecule has 3 fully saturated rings. The second-order valence-corrected chi connectivity index (χ2v) is 6.58. The quantitative estimate of drug-likeness (QED) is 0.507. The molecule has 21 heavy (non-hydrogen) atoms. The molecule has 8 heteroatoms. The lowest BCUT2D eigenvalue weighted by Gasteiger charge is -2.44. The van der Waals surface area contributed by atoms with Crippen molar-refractivity contribution in [2.75, 3.05) is 13.2 Å². The molecule has 4 N–H and O–H groups in total. The Morgan fingerprint density at radius 3 is 2.14 bits per heavy atom. The first-order valence-electron chi connectivity index (χ1n) is 6.54. The maximum Gasteiger partial charge on any atom is 0.294 e. The highest BCUT2D eigenvalue weighted by atomic mass is 32.2. The Labute approximate surface area is 123 Å². The number of nitrogens with one attached hydrogen (secondary N) is 1. The molecule has 0 amide bonds. The van der Waals surface area contributed by atoms with E-state index < -0.39 is 22.3 Å². The minimum absolute atomic E-state index is 0.0666. The smallest absolute Gasteiger partial charge is 0.294 e. The Morgan fingerprint density at radius 1 is 1.19 bits per heavy atom. The van der Waals surface area contributed by atoms with Crippen molar-refractivity contribution in [1.82, 2.24) is 5.32 Å². The standard InChI is InChI=1S/C7H8O3S.C6H11NO3/c1-6-2-4-7(5-3-6)11(8,9)10;8-5-3-2-10-4(1-7-3)6(5)9/h2-5H,1H3,(H,8,9,10);3-9H,1-2H2/t;3-,4+,5+,6+/m.0/s1. The molecule has 1 aromatic carbocycles. The Morgan fingerprint density at radius 2 is 1.81 bits per heavy atom. The molecule has 4 atom stereocenters. The van der Waals surface area contributed by atoms with Gasteiger partial charge in [-0.2, -0.15) is 8.42 Å². The Bertz CT molecular complexity index is 545. The molecule has 0 spiro atoms. The third-order valence-electron chi connectivity index (χ3n) is 3.53. The fraction of sp³-hybridized carbons (Fsp3) is 0.538. The van der Waals surface area contributed by atoms with Crippen LogP contribution < -0.4 is 5.32 Å². The number of rotatable bonds is 1. The van der Waals surface area contributed by atoms with Crippen LogP contribution in [-0.2, 0) is 14.9 Å². The highest BCUT2D eigenvalue weighted by molar-refractivity contribution is 7.85. The van der Waals surface area contributed by atoms with Gasteiger partial charge in [0.2, 0.25) is 0 Å². The van der Waals surface area contributed by atoms with Crippen LogP contribution in [0, 0.1) is 6.92 Å². The summed E-state index contributed by atoms with van der Waals surface area (Å²) in [6.07, 6.45) is -1.55. The molecular formula is C13H19NO6S. The van der Waals surface area contributed by atoms with Crippen molar-refractivity contribution < 1.29 is 27.9 Å². The fourth-order valence-electron chi connectivity index (χ4n) is 2.22. The van der Waals surface area contributed by atoms with E-state index in [0.717, 1.165) is 5.56 Å². The van der Waals surface area contributed by atoms with Crippen LogP contribution in [0.15, 0.2) is 29.2 Å². The fourth-order valence-corrected chi connectivity index (χ4v) is 2.70. The number of benzene rings is 1. The molecule has 3 aliphatic rings. The van der Waals surface area contributed by atoms with Gasteiger partial charge < -0.3 is 20.3 Å². The summed E-state index contributed by atoms with van der Waals surface area (Å²) >= 11 is 0. The first-order valence-corrected chi connectivity index (χ1v) is 7.98. The molecule has 1 aromatic rings. The molecule has 3 saturated heterocycles. The molecule has 0 aliphatic carbocycles. The predicted octanol–water partition coefficient (Wildman–Crippen LogP) is -0.679. The zero-order valence-electron chi connectivity index (χ0n) is 11.5. The lowest BCUT2D eigenvalue weighted by Crippen LogP contribution is -2.66. The van der Waals surface area contributed by atoms with E-state index in [0.29, 0.717) is 13.2 Å². The number of hydrogen-bond donors (Lipinski definition) is 4. The van der Waals surface area contributed by atoms with E-state index in [1.807, 2.05) is 6.92 Å². The van der Waals surface area contributed by atoms with Crippen LogP contribution in [0.3, 0.4) is 0 Å². The highest BCUT2D eigenvalue weighted by Gasteiger charge is 2.42. The van der Waals surface area contributed by atoms with Crippen molar-refractivity contribution >= 4 is 10.1 Å². The molecule has 2 bridgehead atoms. The van der Waals surface area contributed by atoms with Crippen LogP contribution in [-0.4, -0.2) is 60.7 Å². The third-order valence-corrected chi connectivity index (χ3v) is 4.40. The minimum atomic E-state index is -4.02. The van der Waals surface area contributed by atoms with Gasteiger partial charge in [-0.3, -0.25) is 4.55 Å². The molecule has 3 aliphatic heterocycles. The Hall–Kier alpha value is -1.03. The first-order chi connectivity index (χ1) is 9.79. The summed E-state index contributed by atoms with van der Waals surface area (Å²) in [5.41, 5.74) is 0.956. The number of fused-ring (bicyclic) bond motifs is 3. The van der Waals surface area contributed by atoms with E-state index in [1.165, 1.54) is 12.1 Å². The number of hydrogen-bond acceptors (Lipinski definition) is 6. The summed E-state index contributed by atoms with van der Waals surface area (Å²) in [6, 6.07) is 5.92. The van der Waals surface area contributed by atoms with Crippen LogP contribution in [0.4, 0.5) is 0 Å². The van der Waals surface area contributed by atoms with E-state index in [9.17, 15) is 18.6 Å². The number of piperidine rings is 1. The monoisotopic (exact) mass is 317 g/mol. The van der Waals surface area contributed by atoms with E-state index in [4.69, 9.17) is 9.29 Å². The number of morpholine rings is 1. The molecule has 118 valence electrons. The molecule has 7 nitrogen and oxygen atoms in total. The summed E-state index contributed by atoms with van der Waals surface area (Å²) in [6.45, 7) is 3.01. The van der Waals surface area contributed by atoms with Gasteiger partial charge in [0.1, 0.15) is 6.10 Å². The average Bonchev–Trinajstić information content (AvgIpc) is 2.45. The third kappa shape index (κ3) is 4.00. The number of aliphatic hydroxyl groups excluding tert-OH is 2. The van der Waals surface area contributed by atoms with Crippen LogP contribution in [0.25, 0.3) is 0 Å². The van der Waals surface area contributed by atoms with Gasteiger partial charge in [0.25, 0.3) is 10.1 Å². The maximum absolute atomic E-state index is 10.5. The normalized spacial score (nSPS) is 31.4. The van der Waals surface area contributed by atoms with Crippen molar-refractivity contribution in [3.05, 3.63) is 29.8 Å². The first kappa shape index (κ1) is 16.3. The van der Waals surface area contributed by atoms with E-state index in [2.05, 4.69) is 5.32 Å². The Balaban J connectivity index is 0.000000154. The van der Waals surface area contributed by atoms with Crippen molar-refractivity contribution in [2.24, 2.45) is 0 Å². The van der Waals surface area contributed by atoms with Gasteiger partial charge in [0.05, 0.1) is 29.8 Å². The van der Waals surface area contributed by atoms with Gasteiger partial charge >= 0.3 is 0 Å². The summed E-state index contributed by atoms with van der Waals surface area (Å²) < 4.78 is 34.7. The summed E-state index contributed by atoms with van der Waals surface area (Å²) in [4.78, 5) is -0.0666. The molecule has 3 heterocycles. The van der Waals surface area contributed by atoms with Gasteiger partial charge in [-0.25, -0.2) is 0 Å². The zero-order valence-corrected chi connectivity index (χ0v) is 12.3. The number of aryl methyl sites for hydroxylation is 1. The van der Waals surface area contributed by atoms with Gasteiger partial charge in [-0.15, -0.1) is 0 Å². The largest absolute Gasteiger partial charge is 0.389 e. The topological polar surface area (TPSA) is 116 Å². The lowest BCUT2D eigenvalue weighted by atomic mass is 9.93. The van der Waals surface area contributed by atoms with Gasteiger partial charge in [0, 0.05) is 6.54 Å². The van der Waals surface area contributed by atoms with E-state index in [-0.39, 0.29) is 17.0 Å². The van der Waals surface area contributed by atoms with Crippen LogP contribution in [0.1, 0.15) is 5.56 Å². The predicted molar refractivity (Wildman–Crippen MR) is 74.5 cm³/mol. The maximum atomic E-state index is 10.5. The number of ether oxygens (including phenoxy) is 1. The minimum Gasteiger partial charge on any atom is -0.389 e. The lowest BCUT2D eigenvalue weighted by molar-refractivity contribution is -0.175. The van der Waals surface area contributed by atoms with Crippen LogP contribution in [0.2, 0.25) is 0 Å². The van der Waals surface area contributed by atoms with Gasteiger partial charge in [-0.05, 0) is 19.1 Å².